The van der Waals surface area contributed by atoms with Crippen molar-refractivity contribution in [2.45, 2.75) is 33.0 Å². The van der Waals surface area contributed by atoms with Gasteiger partial charge in [0.15, 0.2) is 11.5 Å². The largest absolute Gasteiger partial charge is 0.493 e. The molecule has 1 N–H and O–H groups in total. The van der Waals surface area contributed by atoms with Crippen LogP contribution >= 0.6 is 39.1 Å². The van der Waals surface area contributed by atoms with Gasteiger partial charge < -0.3 is 14.8 Å². The summed E-state index contributed by atoms with van der Waals surface area (Å²) in [6.07, 6.45) is 0.945. The molecule has 0 unspecified atom stereocenters. The molecule has 2 aromatic carbocycles. The first-order valence-corrected chi connectivity index (χ1v) is 10.5. The number of aromatic nitrogens is 4. The Hall–Kier alpha value is -2.03. The molecule has 0 fully saturated rings. The maximum atomic E-state index is 6.22. The van der Waals surface area contributed by atoms with Gasteiger partial charge in [-0.25, -0.2) is 4.68 Å². The summed E-state index contributed by atoms with van der Waals surface area (Å²) in [5, 5.41) is 16.1. The van der Waals surface area contributed by atoms with Crippen LogP contribution in [0, 0.1) is 0 Å². The van der Waals surface area contributed by atoms with Crippen molar-refractivity contribution < 1.29 is 9.47 Å². The molecule has 0 amide bonds. The second-order valence-corrected chi connectivity index (χ2v) is 7.90. The van der Waals surface area contributed by atoms with Crippen molar-refractivity contribution >= 4 is 45.1 Å². The predicted molar refractivity (Wildman–Crippen MR) is 117 cm³/mol. The standard InChI is InChI=1S/C19H20BrCl2N5O2/c1-3-6-27-19(24-25-26-27)23-10-13-7-17(28-2)18(9-15(13)20)29-11-12-4-5-14(21)8-16(12)22/h4-5,7-9H,3,6,10-11H2,1-2H3,(H,23,24,26). The van der Waals surface area contributed by atoms with E-state index in [1.165, 1.54) is 0 Å². The minimum Gasteiger partial charge on any atom is -0.493 e. The van der Waals surface area contributed by atoms with Crippen LogP contribution in [0.5, 0.6) is 11.5 Å². The Morgan fingerprint density at radius 3 is 2.69 bits per heavy atom. The second kappa shape index (κ2) is 10.1. The average molecular weight is 501 g/mol. The van der Waals surface area contributed by atoms with Crippen molar-refractivity contribution in [3.63, 3.8) is 0 Å². The highest BCUT2D eigenvalue weighted by Crippen LogP contribution is 2.35. The van der Waals surface area contributed by atoms with E-state index >= 15 is 0 Å². The third-order valence-corrected chi connectivity index (χ3v) is 5.46. The van der Waals surface area contributed by atoms with Gasteiger partial charge in [0, 0.05) is 33.2 Å². The highest BCUT2D eigenvalue weighted by Gasteiger charge is 2.13. The Labute approximate surface area is 187 Å². The molecule has 0 spiro atoms. The van der Waals surface area contributed by atoms with Crippen LogP contribution in [0.15, 0.2) is 34.8 Å². The molecule has 0 aliphatic carbocycles. The van der Waals surface area contributed by atoms with Gasteiger partial charge >= 0.3 is 0 Å². The van der Waals surface area contributed by atoms with Crippen LogP contribution in [0.25, 0.3) is 0 Å². The SMILES string of the molecule is CCCn1nnnc1NCc1cc(OC)c(OCc2ccc(Cl)cc2Cl)cc1Br. The number of hydrogen-bond donors (Lipinski definition) is 1. The molecule has 0 aliphatic heterocycles. The van der Waals surface area contributed by atoms with E-state index in [-0.39, 0.29) is 0 Å². The molecule has 3 rings (SSSR count). The van der Waals surface area contributed by atoms with Gasteiger partial charge in [-0.3, -0.25) is 0 Å². The van der Waals surface area contributed by atoms with Crippen LogP contribution in [0.2, 0.25) is 10.0 Å². The molecule has 0 saturated carbocycles. The van der Waals surface area contributed by atoms with Crippen LogP contribution in [0.4, 0.5) is 5.95 Å². The second-order valence-electron chi connectivity index (χ2n) is 6.20. The Kier molecular flexibility index (Phi) is 7.57. The Morgan fingerprint density at radius 2 is 1.97 bits per heavy atom. The van der Waals surface area contributed by atoms with Gasteiger partial charge in [-0.05, 0) is 46.7 Å². The number of nitrogens with zero attached hydrogens (tertiary/aromatic N) is 4. The van der Waals surface area contributed by atoms with E-state index in [1.807, 2.05) is 18.2 Å². The number of benzene rings is 2. The molecule has 0 atom stereocenters. The molecule has 0 saturated heterocycles. The fraction of sp³-hybridized carbons (Fsp3) is 0.316. The van der Waals surface area contributed by atoms with Crippen LogP contribution < -0.4 is 14.8 Å². The molecular formula is C19H20BrCl2N5O2. The molecule has 0 aliphatic rings. The van der Waals surface area contributed by atoms with Crippen molar-refractivity contribution in [3.8, 4) is 11.5 Å². The predicted octanol–water partition coefficient (Wildman–Crippen LogP) is 5.35. The van der Waals surface area contributed by atoms with Crippen molar-refractivity contribution in [3.05, 3.63) is 56.0 Å². The topological polar surface area (TPSA) is 74.1 Å². The van der Waals surface area contributed by atoms with Crippen LogP contribution in [0.1, 0.15) is 24.5 Å². The number of aryl methyl sites for hydroxylation is 1. The minimum absolute atomic E-state index is 0.294. The van der Waals surface area contributed by atoms with E-state index in [0.29, 0.717) is 40.6 Å². The molecule has 0 bridgehead atoms. The monoisotopic (exact) mass is 499 g/mol. The molecule has 0 radical (unpaired) electrons. The summed E-state index contributed by atoms with van der Waals surface area (Å²) in [7, 11) is 1.60. The lowest BCUT2D eigenvalue weighted by molar-refractivity contribution is 0.284. The summed E-state index contributed by atoms with van der Waals surface area (Å²) in [5.41, 5.74) is 1.81. The van der Waals surface area contributed by atoms with E-state index < -0.39 is 0 Å². The first kappa shape index (κ1) is 21.7. The summed E-state index contributed by atoms with van der Waals surface area (Å²) in [6.45, 7) is 3.63. The lowest BCUT2D eigenvalue weighted by Gasteiger charge is -2.15. The maximum Gasteiger partial charge on any atom is 0.243 e. The van der Waals surface area contributed by atoms with Gasteiger partial charge in [-0.1, -0.05) is 57.2 Å². The van der Waals surface area contributed by atoms with Crippen LogP contribution in [-0.2, 0) is 19.7 Å². The number of nitrogens with one attached hydrogen (secondary N) is 1. The van der Waals surface area contributed by atoms with Crippen molar-refractivity contribution in [1.29, 1.82) is 0 Å². The third-order valence-electron chi connectivity index (χ3n) is 4.14. The first-order valence-electron chi connectivity index (χ1n) is 8.95. The molecule has 29 heavy (non-hydrogen) atoms. The number of hydrogen-bond acceptors (Lipinski definition) is 6. The zero-order valence-electron chi connectivity index (χ0n) is 16.0. The number of halogens is 3. The zero-order valence-corrected chi connectivity index (χ0v) is 19.1. The van der Waals surface area contributed by atoms with E-state index in [2.05, 4.69) is 43.7 Å². The number of anilines is 1. The Morgan fingerprint density at radius 1 is 1.14 bits per heavy atom. The fourth-order valence-electron chi connectivity index (χ4n) is 2.65. The highest BCUT2D eigenvalue weighted by atomic mass is 79.9. The number of rotatable bonds is 9. The number of tetrazole rings is 1. The van der Waals surface area contributed by atoms with Crippen molar-refractivity contribution in [1.82, 2.24) is 20.2 Å². The van der Waals surface area contributed by atoms with Crippen molar-refractivity contribution in [2.24, 2.45) is 0 Å². The molecule has 3 aromatic rings. The lowest BCUT2D eigenvalue weighted by Crippen LogP contribution is -2.09. The summed E-state index contributed by atoms with van der Waals surface area (Å²) in [5.74, 6) is 1.84. The van der Waals surface area contributed by atoms with Gasteiger partial charge in [0.05, 0.1) is 7.11 Å². The minimum atomic E-state index is 0.294. The summed E-state index contributed by atoms with van der Waals surface area (Å²) in [4.78, 5) is 0. The summed E-state index contributed by atoms with van der Waals surface area (Å²) < 4.78 is 14.0. The van der Waals surface area contributed by atoms with E-state index in [1.54, 1.807) is 23.9 Å². The molecule has 1 aromatic heterocycles. The summed E-state index contributed by atoms with van der Waals surface area (Å²) in [6, 6.07) is 9.08. The zero-order chi connectivity index (χ0) is 20.8. The first-order chi connectivity index (χ1) is 14.0. The summed E-state index contributed by atoms with van der Waals surface area (Å²) >= 11 is 15.8. The fourth-order valence-corrected chi connectivity index (χ4v) is 3.57. The number of ether oxygens (including phenoxy) is 2. The third kappa shape index (κ3) is 5.52. The van der Waals surface area contributed by atoms with E-state index in [4.69, 9.17) is 32.7 Å². The molecule has 10 heteroatoms. The number of methoxy groups -OCH3 is 1. The van der Waals surface area contributed by atoms with Gasteiger partial charge in [0.1, 0.15) is 6.61 Å². The molecular weight excluding hydrogens is 481 g/mol. The van der Waals surface area contributed by atoms with Gasteiger partial charge in [0.2, 0.25) is 5.95 Å². The van der Waals surface area contributed by atoms with Crippen LogP contribution in [-0.4, -0.2) is 27.3 Å². The molecule has 154 valence electrons. The van der Waals surface area contributed by atoms with E-state index in [0.717, 1.165) is 28.6 Å². The van der Waals surface area contributed by atoms with Crippen LogP contribution in [0.3, 0.4) is 0 Å². The van der Waals surface area contributed by atoms with Gasteiger partial charge in [-0.2, -0.15) is 0 Å². The maximum absolute atomic E-state index is 6.22. The Balaban J connectivity index is 1.72. The van der Waals surface area contributed by atoms with E-state index in [9.17, 15) is 0 Å². The van der Waals surface area contributed by atoms with Gasteiger partial charge in [0.25, 0.3) is 0 Å². The smallest absolute Gasteiger partial charge is 0.243 e. The van der Waals surface area contributed by atoms with Crippen molar-refractivity contribution in [2.75, 3.05) is 12.4 Å². The lowest BCUT2D eigenvalue weighted by atomic mass is 10.2. The Bertz CT molecular complexity index is 983. The van der Waals surface area contributed by atoms with Gasteiger partial charge in [-0.15, -0.1) is 0 Å². The highest BCUT2D eigenvalue weighted by molar-refractivity contribution is 9.10. The normalized spacial score (nSPS) is 10.8. The average Bonchev–Trinajstić information content (AvgIpc) is 3.14. The quantitative estimate of drug-likeness (QED) is 0.426. The molecule has 1 heterocycles. The molecule has 7 nitrogen and oxygen atoms in total.